The van der Waals surface area contributed by atoms with Gasteiger partial charge in [0, 0.05) is 0 Å². The lowest BCUT2D eigenvalue weighted by atomic mass is 10.4. The Labute approximate surface area is 103 Å². The molecule has 19 heavy (non-hydrogen) atoms. The van der Waals surface area contributed by atoms with Crippen LogP contribution in [0, 0.1) is 20.2 Å². The smallest absolute Gasteiger partial charge is 0.250 e. The second-order valence-electron chi connectivity index (χ2n) is 3.66. The van der Waals surface area contributed by atoms with E-state index in [0.29, 0.717) is 15.1 Å². The third kappa shape index (κ3) is 1.38. The maximum absolute atomic E-state index is 10.9. The Hall–Kier alpha value is -2.96. The Morgan fingerprint density at radius 2 is 1.89 bits per heavy atom. The number of fused-ring (bicyclic) bond motifs is 1. The highest BCUT2D eigenvalue weighted by Crippen LogP contribution is 2.28. The number of nitro groups is 2. The molecular weight excluding hydrogens is 264 g/mol. The summed E-state index contributed by atoms with van der Waals surface area (Å²) in [5, 5.41) is 33.9. The average molecular weight is 270 g/mol. The maximum Gasteiger partial charge on any atom is 0.250 e. The van der Waals surface area contributed by atoms with Crippen LogP contribution < -0.4 is 5.32 Å². The monoisotopic (exact) mass is 270 g/mol. The van der Waals surface area contributed by atoms with Gasteiger partial charge >= 0.3 is 0 Å². The summed E-state index contributed by atoms with van der Waals surface area (Å²) in [5.41, 5.74) is 0. The van der Waals surface area contributed by atoms with Crippen LogP contribution in [0.2, 0.25) is 0 Å². The van der Waals surface area contributed by atoms with Gasteiger partial charge in [-0.3, -0.25) is 5.21 Å². The number of aliphatic imine (C=N–C) groups is 2. The lowest BCUT2D eigenvalue weighted by Gasteiger charge is -2.25. The van der Waals surface area contributed by atoms with Gasteiger partial charge in [-0.05, 0) is 10.0 Å². The number of hydrazine groups is 2. The Morgan fingerprint density at radius 3 is 2.53 bits per heavy atom. The molecule has 3 rings (SSSR count). The van der Waals surface area contributed by atoms with Crippen LogP contribution in [0.25, 0.3) is 0 Å². The molecule has 0 spiro atoms. The Bertz CT molecular complexity index is 580. The van der Waals surface area contributed by atoms with Crippen molar-refractivity contribution in [2.75, 3.05) is 13.3 Å². The van der Waals surface area contributed by atoms with Gasteiger partial charge in [0.25, 0.3) is 0 Å². The molecule has 3 aliphatic heterocycles. The van der Waals surface area contributed by atoms with Crippen molar-refractivity contribution in [1.82, 2.24) is 20.4 Å². The minimum Gasteiger partial charge on any atom is -0.316 e. The molecule has 100 valence electrons. The number of hydroxylamine groups is 2. The number of hydrogen-bond donors (Lipinski definition) is 2. The van der Waals surface area contributed by atoms with Gasteiger partial charge in [-0.1, -0.05) is 0 Å². The highest BCUT2D eigenvalue weighted by molar-refractivity contribution is 6.42. The lowest BCUT2D eigenvalue weighted by Crippen LogP contribution is -2.49. The molecule has 0 atom stereocenters. The van der Waals surface area contributed by atoms with Gasteiger partial charge in [0.05, 0.1) is 0 Å². The summed E-state index contributed by atoms with van der Waals surface area (Å²) in [7, 11) is 0. The van der Waals surface area contributed by atoms with Crippen molar-refractivity contribution in [3.8, 4) is 0 Å². The van der Waals surface area contributed by atoms with Crippen LogP contribution in [-0.4, -0.2) is 55.4 Å². The lowest BCUT2D eigenvalue weighted by molar-refractivity contribution is -0.689. The minimum absolute atomic E-state index is 0.0178. The third-order valence-electron chi connectivity index (χ3n) is 2.68. The highest BCUT2D eigenvalue weighted by atomic mass is 16.7. The van der Waals surface area contributed by atoms with Crippen LogP contribution in [0.1, 0.15) is 0 Å². The van der Waals surface area contributed by atoms with Crippen molar-refractivity contribution < 1.29 is 15.3 Å². The molecule has 3 aliphatic rings. The van der Waals surface area contributed by atoms with Crippen molar-refractivity contribution in [2.45, 2.75) is 0 Å². The summed E-state index contributed by atoms with van der Waals surface area (Å²) < 4.78 is 0. The van der Waals surface area contributed by atoms with E-state index in [-0.39, 0.29) is 30.0 Å². The molecule has 0 saturated carbocycles. The van der Waals surface area contributed by atoms with Crippen LogP contribution in [0.4, 0.5) is 0 Å². The van der Waals surface area contributed by atoms with E-state index in [1.807, 2.05) is 0 Å². The van der Waals surface area contributed by atoms with Crippen LogP contribution >= 0.6 is 0 Å². The first-order valence-electron chi connectivity index (χ1n) is 4.94. The van der Waals surface area contributed by atoms with E-state index in [4.69, 9.17) is 0 Å². The van der Waals surface area contributed by atoms with Crippen LogP contribution in [0.3, 0.4) is 0 Å². The fraction of sp³-hybridized carbons (Fsp3) is 0.333. The van der Waals surface area contributed by atoms with Gasteiger partial charge in [0.2, 0.25) is 18.3 Å². The van der Waals surface area contributed by atoms with E-state index < -0.39 is 16.7 Å². The topological polar surface area (TPSA) is 153 Å². The number of nitrogens with zero attached hydrogens (tertiary/aromatic N) is 7. The van der Waals surface area contributed by atoms with E-state index in [1.54, 1.807) is 0 Å². The molecule has 3 heterocycles. The zero-order valence-electron chi connectivity index (χ0n) is 9.12. The quantitative estimate of drug-likeness (QED) is 0.434. The molecule has 0 fully saturated rings. The molecule has 0 aromatic heterocycles. The molecule has 0 aromatic rings. The number of rotatable bonds is 2. The predicted molar refractivity (Wildman–Crippen MR) is 56.1 cm³/mol. The van der Waals surface area contributed by atoms with E-state index in [9.17, 15) is 25.4 Å². The first-order chi connectivity index (χ1) is 9.00. The largest absolute Gasteiger partial charge is 0.316 e. The zero-order valence-corrected chi connectivity index (χ0v) is 9.12. The average Bonchev–Trinajstić information content (AvgIpc) is 2.92. The van der Waals surface area contributed by atoms with Gasteiger partial charge in [-0.15, -0.1) is 0 Å². The van der Waals surface area contributed by atoms with Crippen LogP contribution in [-0.2, 0) is 0 Å². The SMILES string of the molecule is O=[N+]([O-])N1CN([N+](=O)[O-])C2=C1NC1=NCN=C1N2O. The molecule has 2 N–H and O–H groups in total. The molecular formula is C6H6N8O5. The Kier molecular flexibility index (Phi) is 2.06. The summed E-state index contributed by atoms with van der Waals surface area (Å²) in [6, 6.07) is 0. The first-order valence-corrected chi connectivity index (χ1v) is 4.94. The number of hydrogen-bond acceptors (Lipinski definition) is 9. The van der Waals surface area contributed by atoms with Crippen molar-refractivity contribution >= 4 is 11.7 Å². The molecule has 0 aliphatic carbocycles. The normalized spacial score (nSPS) is 20.8. The molecule has 0 saturated heterocycles. The summed E-state index contributed by atoms with van der Waals surface area (Å²) in [6.07, 6.45) is 0. The van der Waals surface area contributed by atoms with Gasteiger partial charge in [-0.25, -0.2) is 30.2 Å². The summed E-state index contributed by atoms with van der Waals surface area (Å²) >= 11 is 0. The summed E-state index contributed by atoms with van der Waals surface area (Å²) in [6.45, 7) is -0.610. The molecule has 0 radical (unpaired) electrons. The predicted octanol–water partition coefficient (Wildman–Crippen LogP) is -1.87. The summed E-state index contributed by atoms with van der Waals surface area (Å²) in [5.74, 6) is -0.501. The van der Waals surface area contributed by atoms with Crippen LogP contribution in [0.15, 0.2) is 21.6 Å². The second kappa shape index (κ2) is 3.52. The molecule has 0 amide bonds. The molecule has 13 nitrogen and oxygen atoms in total. The van der Waals surface area contributed by atoms with Gasteiger partial charge in [-0.2, -0.15) is 5.06 Å². The van der Waals surface area contributed by atoms with Gasteiger partial charge < -0.3 is 5.32 Å². The summed E-state index contributed by atoms with van der Waals surface area (Å²) in [4.78, 5) is 29.4. The third-order valence-corrected chi connectivity index (χ3v) is 2.68. The number of nitrogens with one attached hydrogen (secondary N) is 1. The highest BCUT2D eigenvalue weighted by Gasteiger charge is 2.50. The minimum atomic E-state index is -0.860. The molecule has 0 bridgehead atoms. The number of amidine groups is 2. The molecule has 0 aromatic carbocycles. The zero-order chi connectivity index (χ0) is 13.7. The van der Waals surface area contributed by atoms with Gasteiger partial charge in [0.15, 0.2) is 21.7 Å². The van der Waals surface area contributed by atoms with E-state index in [0.717, 1.165) is 0 Å². The first kappa shape index (κ1) is 11.1. The molecule has 13 heteroatoms. The van der Waals surface area contributed by atoms with Gasteiger partial charge in [0.1, 0.15) is 6.67 Å². The van der Waals surface area contributed by atoms with E-state index >= 15 is 0 Å². The van der Waals surface area contributed by atoms with Crippen LogP contribution in [0.5, 0.6) is 0 Å². The fourth-order valence-corrected chi connectivity index (χ4v) is 1.89. The van der Waals surface area contributed by atoms with Crippen molar-refractivity contribution in [1.29, 1.82) is 0 Å². The Morgan fingerprint density at radius 1 is 1.21 bits per heavy atom. The van der Waals surface area contributed by atoms with Crippen molar-refractivity contribution in [3.63, 3.8) is 0 Å². The van der Waals surface area contributed by atoms with E-state index in [1.165, 1.54) is 0 Å². The van der Waals surface area contributed by atoms with Crippen molar-refractivity contribution in [3.05, 3.63) is 31.9 Å². The Balaban J connectivity index is 2.10. The maximum atomic E-state index is 10.9. The fourth-order valence-electron chi connectivity index (χ4n) is 1.89. The molecule has 0 unspecified atom stereocenters. The second-order valence-corrected chi connectivity index (χ2v) is 3.66. The van der Waals surface area contributed by atoms with Crippen molar-refractivity contribution in [2.24, 2.45) is 9.98 Å². The standard InChI is InChI=1S/C6H6N8O5/c15-12-4-3(7-1-8-4)9-5-6(12)11(14(18)19)2-10(5)13(16)17/h15H,1-2H2,(H,7,9). The van der Waals surface area contributed by atoms with E-state index in [2.05, 4.69) is 15.3 Å².